The van der Waals surface area contributed by atoms with Crippen LogP contribution in [0.4, 0.5) is 15.8 Å². The monoisotopic (exact) mass is 491 g/mol. The maximum absolute atomic E-state index is 13.0. The van der Waals surface area contributed by atoms with Crippen LogP contribution in [-0.4, -0.2) is 30.5 Å². The van der Waals surface area contributed by atoms with E-state index in [0.29, 0.717) is 28.4 Å². The second kappa shape index (κ2) is 10.8. The number of nitrogens with one attached hydrogen (secondary N) is 2. The number of hydrogen-bond donors (Lipinski definition) is 2. The van der Waals surface area contributed by atoms with Gasteiger partial charge in [-0.05, 0) is 61.5 Å². The molecule has 2 amide bonds. The van der Waals surface area contributed by atoms with Gasteiger partial charge >= 0.3 is 0 Å². The molecule has 3 aromatic carbocycles. The Morgan fingerprint density at radius 3 is 2.49 bits per heavy atom. The number of hydrogen-bond acceptors (Lipinski definition) is 6. The predicted molar refractivity (Wildman–Crippen MR) is 134 cm³/mol. The average molecular weight is 492 g/mol. The standard InChI is InChI=1S/C26H22FN3O4S/c1-16-28-22(15-35-16)17-4-3-5-21(12-17)30-26(32)18-6-11-23(24(13-18)33-2)34-14-25(31)29-20-9-7-19(27)8-10-20/h3-13,15H,14H2,1-2H3,(H,29,31)(H,30,32). The summed E-state index contributed by atoms with van der Waals surface area (Å²) < 4.78 is 23.9. The second-order valence-corrected chi connectivity index (χ2v) is 8.56. The van der Waals surface area contributed by atoms with Crippen LogP contribution in [0.2, 0.25) is 0 Å². The molecule has 0 bridgehead atoms. The van der Waals surface area contributed by atoms with Crippen molar-refractivity contribution in [3.8, 4) is 22.8 Å². The zero-order valence-corrected chi connectivity index (χ0v) is 19.8. The van der Waals surface area contributed by atoms with Crippen molar-refractivity contribution < 1.29 is 23.5 Å². The quantitative estimate of drug-likeness (QED) is 0.338. The topological polar surface area (TPSA) is 89.6 Å². The Morgan fingerprint density at radius 2 is 1.77 bits per heavy atom. The molecule has 0 spiro atoms. The summed E-state index contributed by atoms with van der Waals surface area (Å²) in [5.74, 6) is -0.528. The van der Waals surface area contributed by atoms with E-state index in [1.54, 1.807) is 29.5 Å². The van der Waals surface area contributed by atoms with Gasteiger partial charge in [-0.1, -0.05) is 12.1 Å². The average Bonchev–Trinajstić information content (AvgIpc) is 3.30. The molecule has 0 saturated carbocycles. The Kier molecular flexibility index (Phi) is 7.37. The lowest BCUT2D eigenvalue weighted by molar-refractivity contribution is -0.118. The van der Waals surface area contributed by atoms with Crippen LogP contribution in [0.1, 0.15) is 15.4 Å². The molecule has 0 radical (unpaired) electrons. The number of methoxy groups -OCH3 is 1. The van der Waals surface area contributed by atoms with Gasteiger partial charge in [0.25, 0.3) is 11.8 Å². The fourth-order valence-corrected chi connectivity index (χ4v) is 3.88. The predicted octanol–water partition coefficient (Wildman–Crippen LogP) is 5.54. The first-order valence-electron chi connectivity index (χ1n) is 10.6. The number of aryl methyl sites for hydroxylation is 1. The number of carbonyl (C=O) groups is 2. The van der Waals surface area contributed by atoms with Gasteiger partial charge in [-0.25, -0.2) is 9.37 Å². The number of amides is 2. The van der Waals surface area contributed by atoms with E-state index in [-0.39, 0.29) is 12.5 Å². The molecule has 0 unspecified atom stereocenters. The van der Waals surface area contributed by atoms with Gasteiger partial charge in [0.1, 0.15) is 5.82 Å². The van der Waals surface area contributed by atoms with Gasteiger partial charge in [-0.3, -0.25) is 9.59 Å². The van der Waals surface area contributed by atoms with Crippen molar-refractivity contribution in [3.05, 3.63) is 88.5 Å². The van der Waals surface area contributed by atoms with Gasteiger partial charge in [0, 0.05) is 27.9 Å². The minimum absolute atomic E-state index is 0.290. The van der Waals surface area contributed by atoms with Crippen LogP contribution in [0.15, 0.2) is 72.1 Å². The van der Waals surface area contributed by atoms with Crippen LogP contribution >= 0.6 is 11.3 Å². The number of aromatic nitrogens is 1. The zero-order valence-electron chi connectivity index (χ0n) is 19.0. The Labute approximate surface area is 205 Å². The molecule has 1 aromatic heterocycles. The molecular weight excluding hydrogens is 469 g/mol. The maximum Gasteiger partial charge on any atom is 0.262 e. The molecule has 0 aliphatic heterocycles. The third-order valence-corrected chi connectivity index (χ3v) is 5.72. The highest BCUT2D eigenvalue weighted by Gasteiger charge is 2.14. The van der Waals surface area contributed by atoms with Crippen molar-refractivity contribution in [1.82, 2.24) is 4.98 Å². The molecule has 2 N–H and O–H groups in total. The molecule has 9 heteroatoms. The molecule has 4 aromatic rings. The number of rotatable bonds is 8. The van der Waals surface area contributed by atoms with Gasteiger partial charge < -0.3 is 20.1 Å². The smallest absolute Gasteiger partial charge is 0.262 e. The summed E-state index contributed by atoms with van der Waals surface area (Å²) in [6, 6.07) is 17.5. The van der Waals surface area contributed by atoms with Crippen LogP contribution in [0.5, 0.6) is 11.5 Å². The number of thiazole rings is 1. The summed E-state index contributed by atoms with van der Waals surface area (Å²) in [6.07, 6.45) is 0. The van der Waals surface area contributed by atoms with Gasteiger partial charge in [0.2, 0.25) is 0 Å². The van der Waals surface area contributed by atoms with Crippen LogP contribution in [0, 0.1) is 12.7 Å². The van der Waals surface area contributed by atoms with Crippen molar-refractivity contribution in [2.75, 3.05) is 24.4 Å². The third-order valence-electron chi connectivity index (χ3n) is 4.95. The van der Waals surface area contributed by atoms with Gasteiger partial charge in [0.15, 0.2) is 18.1 Å². The molecule has 0 aliphatic rings. The molecule has 0 saturated heterocycles. The van der Waals surface area contributed by atoms with Crippen LogP contribution in [0.3, 0.4) is 0 Å². The molecule has 1 heterocycles. The van der Waals surface area contributed by atoms with E-state index in [0.717, 1.165) is 16.3 Å². The summed E-state index contributed by atoms with van der Waals surface area (Å²) in [6.45, 7) is 1.65. The second-order valence-electron chi connectivity index (χ2n) is 7.50. The highest BCUT2D eigenvalue weighted by molar-refractivity contribution is 7.09. The fourth-order valence-electron chi connectivity index (χ4n) is 3.26. The number of halogens is 1. The van der Waals surface area contributed by atoms with Crippen LogP contribution in [-0.2, 0) is 4.79 Å². The number of benzene rings is 3. The van der Waals surface area contributed by atoms with Crippen LogP contribution in [0.25, 0.3) is 11.3 Å². The molecule has 0 atom stereocenters. The van der Waals surface area contributed by atoms with E-state index >= 15 is 0 Å². The summed E-state index contributed by atoms with van der Waals surface area (Å²) in [7, 11) is 1.45. The largest absolute Gasteiger partial charge is 0.493 e. The molecular formula is C26H22FN3O4S. The van der Waals surface area contributed by atoms with Crippen molar-refractivity contribution in [2.45, 2.75) is 6.92 Å². The van der Waals surface area contributed by atoms with Crippen molar-refractivity contribution in [3.63, 3.8) is 0 Å². The lowest BCUT2D eigenvalue weighted by Crippen LogP contribution is -2.20. The summed E-state index contributed by atoms with van der Waals surface area (Å²) >= 11 is 1.56. The molecule has 4 rings (SSSR count). The van der Waals surface area contributed by atoms with Crippen molar-refractivity contribution >= 4 is 34.5 Å². The summed E-state index contributed by atoms with van der Waals surface area (Å²) in [5, 5.41) is 8.43. The Balaban J connectivity index is 1.40. The highest BCUT2D eigenvalue weighted by Crippen LogP contribution is 2.29. The Morgan fingerprint density at radius 1 is 0.971 bits per heavy atom. The molecule has 178 valence electrons. The highest BCUT2D eigenvalue weighted by atomic mass is 32.1. The first-order valence-corrected chi connectivity index (χ1v) is 11.5. The van der Waals surface area contributed by atoms with Crippen molar-refractivity contribution in [1.29, 1.82) is 0 Å². The number of nitrogens with zero attached hydrogens (tertiary/aromatic N) is 1. The van der Waals surface area contributed by atoms with Crippen LogP contribution < -0.4 is 20.1 Å². The van der Waals surface area contributed by atoms with E-state index in [9.17, 15) is 14.0 Å². The van der Waals surface area contributed by atoms with E-state index in [2.05, 4.69) is 15.6 Å². The summed E-state index contributed by atoms with van der Waals surface area (Å²) in [5.41, 5.74) is 3.21. The van der Waals surface area contributed by atoms with E-state index in [1.165, 1.54) is 37.4 Å². The van der Waals surface area contributed by atoms with Gasteiger partial charge in [-0.15, -0.1) is 11.3 Å². The molecule has 35 heavy (non-hydrogen) atoms. The normalized spacial score (nSPS) is 10.5. The number of carbonyl (C=O) groups excluding carboxylic acids is 2. The van der Waals surface area contributed by atoms with E-state index in [1.807, 2.05) is 30.5 Å². The lowest BCUT2D eigenvalue weighted by atomic mass is 10.1. The first kappa shape index (κ1) is 23.9. The van der Waals surface area contributed by atoms with Gasteiger partial charge in [0.05, 0.1) is 17.8 Å². The molecule has 0 fully saturated rings. The van der Waals surface area contributed by atoms with Crippen molar-refractivity contribution in [2.24, 2.45) is 0 Å². The minimum Gasteiger partial charge on any atom is -0.493 e. The molecule has 0 aliphatic carbocycles. The Hall–Kier alpha value is -4.24. The maximum atomic E-state index is 13.0. The molecule has 7 nitrogen and oxygen atoms in total. The number of anilines is 2. The third kappa shape index (κ3) is 6.21. The van der Waals surface area contributed by atoms with E-state index < -0.39 is 11.7 Å². The lowest BCUT2D eigenvalue weighted by Gasteiger charge is -2.13. The fraction of sp³-hybridized carbons (Fsp3) is 0.115. The first-order chi connectivity index (χ1) is 16.9. The SMILES string of the molecule is COc1cc(C(=O)Nc2cccc(-c3csc(C)n3)c2)ccc1OCC(=O)Nc1ccc(F)cc1. The van der Waals surface area contributed by atoms with E-state index in [4.69, 9.17) is 9.47 Å². The Bertz CT molecular complexity index is 1350. The summed E-state index contributed by atoms with van der Waals surface area (Å²) in [4.78, 5) is 29.4. The minimum atomic E-state index is -0.421. The zero-order chi connectivity index (χ0) is 24.8. The number of ether oxygens (including phenoxy) is 2. The van der Waals surface area contributed by atoms with Gasteiger partial charge in [-0.2, -0.15) is 0 Å².